The number of nitrogens with zero attached hydrogens (tertiary/aromatic N) is 3. The maximum atomic E-state index is 12.5. The van der Waals surface area contributed by atoms with Crippen molar-refractivity contribution in [1.29, 1.82) is 0 Å². The molecule has 2 rings (SSSR count). The molecule has 6 nitrogen and oxygen atoms in total. The van der Waals surface area contributed by atoms with Crippen LogP contribution in [-0.2, 0) is 10.9 Å². The Balaban J connectivity index is 1.84. The van der Waals surface area contributed by atoms with Gasteiger partial charge in [-0.3, -0.25) is 0 Å². The smallest absolute Gasteiger partial charge is 0.434 e. The summed E-state index contributed by atoms with van der Waals surface area (Å²) in [5.41, 5.74) is -1.57. The number of nitrogens with one attached hydrogen (secondary N) is 1. The van der Waals surface area contributed by atoms with Crippen molar-refractivity contribution < 1.29 is 22.7 Å². The highest BCUT2D eigenvalue weighted by Gasteiger charge is 2.36. The van der Waals surface area contributed by atoms with Crippen LogP contribution in [0.3, 0.4) is 0 Å². The molecule has 0 bridgehead atoms. The maximum Gasteiger partial charge on any atom is 0.434 e. The van der Waals surface area contributed by atoms with E-state index in [0.717, 1.165) is 12.4 Å². The van der Waals surface area contributed by atoms with E-state index in [1.165, 1.54) is 0 Å². The van der Waals surface area contributed by atoms with Crippen molar-refractivity contribution in [3.63, 3.8) is 0 Å². The second-order valence-corrected chi connectivity index (χ2v) is 6.84. The number of alkyl carbamates (subject to hydrolysis) is 1. The van der Waals surface area contributed by atoms with E-state index >= 15 is 0 Å². The van der Waals surface area contributed by atoms with E-state index in [1.54, 1.807) is 32.7 Å². The third kappa shape index (κ3) is 4.72. The Morgan fingerprint density at radius 1 is 1.25 bits per heavy atom. The van der Waals surface area contributed by atoms with Crippen LogP contribution in [0.5, 0.6) is 0 Å². The van der Waals surface area contributed by atoms with Crippen molar-refractivity contribution in [3.05, 3.63) is 18.1 Å². The molecular formula is C15H21F3N4O2. The molecule has 1 aliphatic rings. The normalized spacial score (nSPS) is 21.0. The van der Waals surface area contributed by atoms with Gasteiger partial charge in [-0.2, -0.15) is 13.2 Å². The minimum absolute atomic E-state index is 0.0188. The summed E-state index contributed by atoms with van der Waals surface area (Å²) < 4.78 is 42.6. The van der Waals surface area contributed by atoms with E-state index in [2.05, 4.69) is 15.3 Å². The van der Waals surface area contributed by atoms with Gasteiger partial charge in [0.1, 0.15) is 11.4 Å². The molecule has 24 heavy (non-hydrogen) atoms. The van der Waals surface area contributed by atoms with Gasteiger partial charge < -0.3 is 15.0 Å². The average molecular weight is 346 g/mol. The van der Waals surface area contributed by atoms with Gasteiger partial charge in [0.2, 0.25) is 0 Å². The van der Waals surface area contributed by atoms with E-state index < -0.39 is 23.6 Å². The summed E-state index contributed by atoms with van der Waals surface area (Å²) in [5.74, 6) is 0.365. The summed E-state index contributed by atoms with van der Waals surface area (Å²) in [6, 6.07) is 0.0608. The van der Waals surface area contributed by atoms with E-state index in [0.29, 0.717) is 18.7 Å². The number of hydrogen-bond donors (Lipinski definition) is 1. The van der Waals surface area contributed by atoms with Crippen LogP contribution < -0.4 is 10.2 Å². The Morgan fingerprint density at radius 2 is 1.88 bits per heavy atom. The summed E-state index contributed by atoms with van der Waals surface area (Å²) in [7, 11) is 1.74. The number of halogens is 3. The predicted molar refractivity (Wildman–Crippen MR) is 81.6 cm³/mol. The Hall–Kier alpha value is -2.06. The molecule has 0 spiro atoms. The summed E-state index contributed by atoms with van der Waals surface area (Å²) in [6.45, 7) is 5.35. The zero-order valence-electron chi connectivity index (χ0n) is 14.0. The van der Waals surface area contributed by atoms with Crippen LogP contribution in [0, 0.1) is 0 Å². The molecule has 0 unspecified atom stereocenters. The zero-order chi connectivity index (χ0) is 18.1. The van der Waals surface area contributed by atoms with E-state index in [-0.39, 0.29) is 12.1 Å². The van der Waals surface area contributed by atoms with Gasteiger partial charge in [0, 0.05) is 19.1 Å². The molecular weight excluding hydrogens is 325 g/mol. The number of rotatable bonds is 3. The summed E-state index contributed by atoms with van der Waals surface area (Å²) >= 11 is 0. The lowest BCUT2D eigenvalue weighted by Crippen LogP contribution is -2.53. The van der Waals surface area contributed by atoms with Gasteiger partial charge in [0.05, 0.1) is 12.4 Å². The molecule has 0 saturated heterocycles. The van der Waals surface area contributed by atoms with Gasteiger partial charge >= 0.3 is 12.3 Å². The fraction of sp³-hybridized carbons (Fsp3) is 0.667. The molecule has 9 heteroatoms. The number of ether oxygens (including phenoxy) is 1. The minimum Gasteiger partial charge on any atom is -0.444 e. The quantitative estimate of drug-likeness (QED) is 0.911. The Labute approximate surface area is 138 Å². The van der Waals surface area contributed by atoms with Gasteiger partial charge in [-0.15, -0.1) is 0 Å². The fourth-order valence-electron chi connectivity index (χ4n) is 2.33. The Kier molecular flexibility index (Phi) is 4.91. The largest absolute Gasteiger partial charge is 0.444 e. The highest BCUT2D eigenvalue weighted by Crippen LogP contribution is 2.30. The second-order valence-electron chi connectivity index (χ2n) is 6.84. The molecule has 0 radical (unpaired) electrons. The summed E-state index contributed by atoms with van der Waals surface area (Å²) in [4.78, 5) is 20.6. The van der Waals surface area contributed by atoms with E-state index in [4.69, 9.17) is 4.74 Å². The van der Waals surface area contributed by atoms with Crippen LogP contribution >= 0.6 is 0 Å². The van der Waals surface area contributed by atoms with Gasteiger partial charge in [-0.25, -0.2) is 14.8 Å². The van der Waals surface area contributed by atoms with Crippen molar-refractivity contribution in [2.75, 3.05) is 11.9 Å². The minimum atomic E-state index is -4.50. The zero-order valence-corrected chi connectivity index (χ0v) is 14.0. The first kappa shape index (κ1) is 18.3. The third-order valence-corrected chi connectivity index (χ3v) is 3.67. The lowest BCUT2D eigenvalue weighted by atomic mass is 9.86. The number of alkyl halides is 3. The van der Waals surface area contributed by atoms with Crippen LogP contribution in [0.15, 0.2) is 12.4 Å². The summed E-state index contributed by atoms with van der Waals surface area (Å²) in [5, 5.41) is 2.77. The lowest BCUT2D eigenvalue weighted by Gasteiger charge is -2.41. The molecule has 134 valence electrons. The lowest BCUT2D eigenvalue weighted by molar-refractivity contribution is -0.141. The van der Waals surface area contributed by atoms with Crippen LogP contribution in [0.25, 0.3) is 0 Å². The molecule has 1 amide bonds. The molecule has 1 aromatic heterocycles. The van der Waals surface area contributed by atoms with Crippen molar-refractivity contribution in [2.24, 2.45) is 0 Å². The number of carbonyl (C=O) groups excluding carboxylic acids is 1. The number of aromatic nitrogens is 2. The first-order chi connectivity index (χ1) is 11.0. The molecule has 1 fully saturated rings. The van der Waals surface area contributed by atoms with Crippen LogP contribution in [0.2, 0.25) is 0 Å². The monoisotopic (exact) mass is 346 g/mol. The molecule has 1 N–H and O–H groups in total. The van der Waals surface area contributed by atoms with E-state index in [9.17, 15) is 18.0 Å². The van der Waals surface area contributed by atoms with Crippen molar-refractivity contribution in [1.82, 2.24) is 15.3 Å². The number of carbonyl (C=O) groups is 1. The molecule has 0 aliphatic heterocycles. The molecule has 1 aliphatic carbocycles. The second kappa shape index (κ2) is 6.45. The van der Waals surface area contributed by atoms with Gasteiger partial charge in [-0.1, -0.05) is 0 Å². The molecule has 1 heterocycles. The third-order valence-electron chi connectivity index (χ3n) is 3.67. The maximum absolute atomic E-state index is 12.5. The van der Waals surface area contributed by atoms with Gasteiger partial charge in [-0.05, 0) is 33.6 Å². The highest BCUT2D eigenvalue weighted by molar-refractivity contribution is 5.68. The van der Waals surface area contributed by atoms with Gasteiger partial charge in [0.15, 0.2) is 5.69 Å². The molecule has 0 atom stereocenters. The SMILES string of the molecule is CN(c1cnc(C(F)(F)F)cn1)C1CC(NC(=O)OC(C)(C)C)C1. The van der Waals surface area contributed by atoms with Crippen LogP contribution in [-0.4, -0.2) is 40.8 Å². The molecule has 0 aromatic carbocycles. The van der Waals surface area contributed by atoms with Crippen molar-refractivity contribution in [2.45, 2.75) is 57.5 Å². The number of amides is 1. The Morgan fingerprint density at radius 3 is 2.33 bits per heavy atom. The van der Waals surface area contributed by atoms with Crippen molar-refractivity contribution >= 4 is 11.9 Å². The Bertz CT molecular complexity index is 578. The first-order valence-electron chi connectivity index (χ1n) is 7.57. The van der Waals surface area contributed by atoms with E-state index in [1.807, 2.05) is 0 Å². The standard InChI is InChI=1S/C15H21F3N4O2/c1-14(2,3)24-13(23)21-9-5-10(6-9)22(4)12-8-19-11(7-20-12)15(16,17)18/h7-10H,5-6H2,1-4H3,(H,21,23). The van der Waals surface area contributed by atoms with Crippen LogP contribution in [0.1, 0.15) is 39.3 Å². The van der Waals surface area contributed by atoms with Crippen molar-refractivity contribution in [3.8, 4) is 0 Å². The number of hydrogen-bond acceptors (Lipinski definition) is 5. The molecule has 1 aromatic rings. The highest BCUT2D eigenvalue weighted by atomic mass is 19.4. The first-order valence-corrected chi connectivity index (χ1v) is 7.57. The fourth-order valence-corrected chi connectivity index (χ4v) is 2.33. The van der Waals surface area contributed by atoms with Gasteiger partial charge in [0.25, 0.3) is 0 Å². The average Bonchev–Trinajstić information content (AvgIpc) is 2.39. The summed E-state index contributed by atoms with van der Waals surface area (Å²) in [6.07, 6.45) is -1.80. The van der Waals surface area contributed by atoms with Crippen LogP contribution in [0.4, 0.5) is 23.8 Å². The number of anilines is 1. The topological polar surface area (TPSA) is 67.4 Å². The molecule has 1 saturated carbocycles. The predicted octanol–water partition coefficient (Wildman–Crippen LogP) is 2.99.